The number of fused-ring (bicyclic) bond motifs is 1. The molecule has 0 amide bonds. The van der Waals surface area contributed by atoms with Crippen molar-refractivity contribution in [3.8, 4) is 0 Å². The summed E-state index contributed by atoms with van der Waals surface area (Å²) in [5.74, 6) is 0.460. The molecule has 1 aromatic carbocycles. The van der Waals surface area contributed by atoms with Crippen molar-refractivity contribution < 1.29 is 0 Å². The van der Waals surface area contributed by atoms with Crippen LogP contribution in [0, 0.1) is 6.92 Å². The third-order valence-corrected chi connectivity index (χ3v) is 4.61. The van der Waals surface area contributed by atoms with Crippen molar-refractivity contribution in [1.29, 1.82) is 0 Å². The summed E-state index contributed by atoms with van der Waals surface area (Å²) in [6.07, 6.45) is 6.69. The van der Waals surface area contributed by atoms with Gasteiger partial charge in [-0.3, -0.25) is 0 Å². The van der Waals surface area contributed by atoms with E-state index < -0.39 is 0 Å². The molecule has 1 aliphatic carbocycles. The van der Waals surface area contributed by atoms with Gasteiger partial charge in [0, 0.05) is 16.8 Å². The van der Waals surface area contributed by atoms with Gasteiger partial charge < -0.3 is 11.1 Å². The van der Waals surface area contributed by atoms with Gasteiger partial charge in [-0.25, -0.2) is 9.98 Å². The number of nitrogens with zero attached hydrogens (tertiary/aromatic N) is 2. The summed E-state index contributed by atoms with van der Waals surface area (Å²) in [6, 6.07) is 6.38. The lowest BCUT2D eigenvalue weighted by atomic mass is 9.90. The number of halogens is 1. The standard InChI is InChI=1S/C16H20N4S.HI/c1-11-9-18-15(21-11)10-19-16(17)20-14-8-4-6-12-5-2-3-7-13(12)14;/h4,6,8-9H,2-3,5,7,10H2,1H3,(H3,17,19,20);1H. The lowest BCUT2D eigenvalue weighted by Crippen LogP contribution is -2.24. The maximum absolute atomic E-state index is 6.01. The van der Waals surface area contributed by atoms with E-state index in [1.165, 1.54) is 35.3 Å². The van der Waals surface area contributed by atoms with Gasteiger partial charge in [-0.15, -0.1) is 35.3 Å². The first kappa shape index (κ1) is 17.2. The molecule has 0 saturated carbocycles. The maximum atomic E-state index is 6.01. The fourth-order valence-electron chi connectivity index (χ4n) is 2.70. The van der Waals surface area contributed by atoms with Crippen LogP contribution in [-0.4, -0.2) is 10.9 Å². The molecule has 0 saturated heterocycles. The number of aliphatic imine (C=N–C) groups is 1. The van der Waals surface area contributed by atoms with E-state index >= 15 is 0 Å². The van der Waals surface area contributed by atoms with Crippen LogP contribution < -0.4 is 11.1 Å². The topological polar surface area (TPSA) is 63.3 Å². The summed E-state index contributed by atoms with van der Waals surface area (Å²) >= 11 is 1.66. The smallest absolute Gasteiger partial charge is 0.193 e. The van der Waals surface area contributed by atoms with Gasteiger partial charge in [0.1, 0.15) is 5.01 Å². The van der Waals surface area contributed by atoms with Crippen molar-refractivity contribution >= 4 is 47.0 Å². The van der Waals surface area contributed by atoms with Crippen LogP contribution in [-0.2, 0) is 19.4 Å². The van der Waals surface area contributed by atoms with Crippen LogP contribution >= 0.6 is 35.3 Å². The number of benzene rings is 1. The molecule has 0 fully saturated rings. The highest BCUT2D eigenvalue weighted by Crippen LogP contribution is 2.27. The SMILES string of the molecule is Cc1cnc(CN=C(N)Nc2cccc3c2CCCC3)s1.I. The predicted molar refractivity (Wildman–Crippen MR) is 104 cm³/mol. The first-order valence-corrected chi connectivity index (χ1v) is 8.13. The Bertz CT molecular complexity index is 666. The van der Waals surface area contributed by atoms with Gasteiger partial charge in [-0.05, 0) is 49.8 Å². The molecule has 118 valence electrons. The van der Waals surface area contributed by atoms with Crippen molar-refractivity contribution in [2.45, 2.75) is 39.2 Å². The van der Waals surface area contributed by atoms with Gasteiger partial charge in [0.05, 0.1) is 6.54 Å². The molecule has 0 spiro atoms. The fourth-order valence-corrected chi connectivity index (χ4v) is 3.41. The Morgan fingerprint density at radius 2 is 2.18 bits per heavy atom. The Morgan fingerprint density at radius 1 is 1.36 bits per heavy atom. The zero-order valence-corrected chi connectivity index (χ0v) is 15.8. The zero-order chi connectivity index (χ0) is 14.7. The number of guanidine groups is 1. The molecule has 2 aromatic rings. The van der Waals surface area contributed by atoms with E-state index in [2.05, 4.69) is 33.5 Å². The van der Waals surface area contributed by atoms with Gasteiger partial charge in [0.25, 0.3) is 0 Å². The molecule has 0 bridgehead atoms. The summed E-state index contributed by atoms with van der Waals surface area (Å²) in [6.45, 7) is 2.58. The van der Waals surface area contributed by atoms with Gasteiger partial charge in [-0.1, -0.05) is 12.1 Å². The number of hydrogen-bond donors (Lipinski definition) is 2. The largest absolute Gasteiger partial charge is 0.370 e. The van der Waals surface area contributed by atoms with Crippen LogP contribution in [0.3, 0.4) is 0 Å². The molecule has 3 rings (SSSR count). The lowest BCUT2D eigenvalue weighted by Gasteiger charge is -2.19. The second kappa shape index (κ2) is 7.92. The number of anilines is 1. The number of aromatic nitrogens is 1. The molecule has 0 radical (unpaired) electrons. The predicted octanol–water partition coefficient (Wildman–Crippen LogP) is 3.88. The van der Waals surface area contributed by atoms with Gasteiger partial charge in [0.15, 0.2) is 5.96 Å². The fraction of sp³-hybridized carbons (Fsp3) is 0.375. The molecular weight excluding hydrogens is 407 g/mol. The number of hydrogen-bond acceptors (Lipinski definition) is 3. The molecule has 1 aromatic heterocycles. The zero-order valence-electron chi connectivity index (χ0n) is 12.6. The molecule has 6 heteroatoms. The highest BCUT2D eigenvalue weighted by molar-refractivity contribution is 14.0. The summed E-state index contributed by atoms with van der Waals surface area (Å²) < 4.78 is 0. The van der Waals surface area contributed by atoms with Crippen molar-refractivity contribution in [3.05, 3.63) is 45.4 Å². The first-order chi connectivity index (χ1) is 10.2. The molecule has 1 heterocycles. The van der Waals surface area contributed by atoms with Gasteiger partial charge in [0.2, 0.25) is 0 Å². The molecule has 0 unspecified atom stereocenters. The lowest BCUT2D eigenvalue weighted by molar-refractivity contribution is 0.687. The summed E-state index contributed by atoms with van der Waals surface area (Å²) in [7, 11) is 0. The highest BCUT2D eigenvalue weighted by Gasteiger charge is 2.13. The van der Waals surface area contributed by atoms with Gasteiger partial charge in [-0.2, -0.15) is 0 Å². The van der Waals surface area contributed by atoms with Crippen LogP contribution in [0.25, 0.3) is 0 Å². The molecule has 3 N–H and O–H groups in total. The highest BCUT2D eigenvalue weighted by atomic mass is 127. The van der Waals surface area contributed by atoms with Crippen molar-refractivity contribution in [3.63, 3.8) is 0 Å². The minimum atomic E-state index is 0. The molecule has 4 nitrogen and oxygen atoms in total. The van der Waals surface area contributed by atoms with E-state index in [-0.39, 0.29) is 24.0 Å². The minimum Gasteiger partial charge on any atom is -0.370 e. The number of rotatable bonds is 3. The molecule has 22 heavy (non-hydrogen) atoms. The first-order valence-electron chi connectivity index (χ1n) is 7.31. The number of nitrogens with two attached hydrogens (primary N) is 1. The van der Waals surface area contributed by atoms with Crippen LogP contribution in [0.1, 0.15) is 33.9 Å². The van der Waals surface area contributed by atoms with E-state index in [4.69, 9.17) is 5.73 Å². The molecule has 0 atom stereocenters. The van der Waals surface area contributed by atoms with Gasteiger partial charge >= 0.3 is 0 Å². The van der Waals surface area contributed by atoms with E-state index in [1.807, 2.05) is 13.1 Å². The summed E-state index contributed by atoms with van der Waals surface area (Å²) in [5, 5.41) is 4.24. The Labute approximate surface area is 152 Å². The molecular formula is C16H21IN4S. The van der Waals surface area contributed by atoms with E-state index in [0.29, 0.717) is 12.5 Å². The molecule has 0 aliphatic heterocycles. The van der Waals surface area contributed by atoms with Crippen LogP contribution in [0.4, 0.5) is 5.69 Å². The normalized spacial score (nSPS) is 14.1. The Balaban J connectivity index is 0.00000176. The van der Waals surface area contributed by atoms with Crippen molar-refractivity contribution in [2.24, 2.45) is 10.7 Å². The average Bonchev–Trinajstić information content (AvgIpc) is 2.91. The summed E-state index contributed by atoms with van der Waals surface area (Å²) in [5.41, 5.74) is 9.94. The van der Waals surface area contributed by atoms with Crippen LogP contribution in [0.2, 0.25) is 0 Å². The average molecular weight is 428 g/mol. The minimum absolute atomic E-state index is 0. The van der Waals surface area contributed by atoms with Crippen molar-refractivity contribution in [1.82, 2.24) is 4.98 Å². The maximum Gasteiger partial charge on any atom is 0.193 e. The summed E-state index contributed by atoms with van der Waals surface area (Å²) in [4.78, 5) is 9.87. The monoisotopic (exact) mass is 428 g/mol. The van der Waals surface area contributed by atoms with Crippen LogP contribution in [0.5, 0.6) is 0 Å². The third-order valence-electron chi connectivity index (χ3n) is 3.71. The van der Waals surface area contributed by atoms with E-state index in [1.54, 1.807) is 11.3 Å². The number of aryl methyl sites for hydroxylation is 2. The van der Waals surface area contributed by atoms with E-state index in [9.17, 15) is 0 Å². The second-order valence-corrected chi connectivity index (χ2v) is 6.66. The quantitative estimate of drug-likeness (QED) is 0.443. The number of thiazole rings is 1. The van der Waals surface area contributed by atoms with Crippen molar-refractivity contribution in [2.75, 3.05) is 5.32 Å². The Hall–Kier alpha value is -1.15. The number of nitrogens with one attached hydrogen (secondary N) is 1. The Morgan fingerprint density at radius 3 is 2.95 bits per heavy atom. The molecule has 1 aliphatic rings. The third kappa shape index (κ3) is 4.19. The van der Waals surface area contributed by atoms with E-state index in [0.717, 1.165) is 17.1 Å². The second-order valence-electron chi connectivity index (χ2n) is 5.34. The van der Waals surface area contributed by atoms with Crippen LogP contribution in [0.15, 0.2) is 29.4 Å². The Kier molecular flexibility index (Phi) is 6.19.